The van der Waals surface area contributed by atoms with Gasteiger partial charge >= 0.3 is 0 Å². The molecule has 0 aliphatic carbocycles. The summed E-state index contributed by atoms with van der Waals surface area (Å²) in [7, 11) is 0. The zero-order valence-corrected chi connectivity index (χ0v) is 9.85. The molecule has 0 unspecified atom stereocenters. The first-order valence-corrected chi connectivity index (χ1v) is 5.12. The largest absolute Gasteiger partial charge is 0.263 e. The van der Waals surface area contributed by atoms with Crippen molar-refractivity contribution in [3.63, 3.8) is 0 Å². The van der Waals surface area contributed by atoms with Gasteiger partial charge in [-0.3, -0.25) is 4.98 Å². The van der Waals surface area contributed by atoms with Gasteiger partial charge < -0.3 is 0 Å². The Morgan fingerprint density at radius 3 is 2.33 bits per heavy atom. The summed E-state index contributed by atoms with van der Waals surface area (Å²) in [6.45, 7) is 3.71. The second-order valence-electron chi connectivity index (χ2n) is 3.06. The number of aromatic nitrogens is 5. The highest BCUT2D eigenvalue weighted by atomic mass is 79.9. The molecule has 0 saturated carbocycles. The predicted molar refractivity (Wildman–Crippen MR) is 58.0 cm³/mol. The van der Waals surface area contributed by atoms with Crippen molar-refractivity contribution in [3.8, 4) is 11.4 Å². The van der Waals surface area contributed by atoms with Gasteiger partial charge in [0.25, 0.3) is 0 Å². The van der Waals surface area contributed by atoms with Crippen LogP contribution in [-0.4, -0.2) is 25.4 Å². The van der Waals surface area contributed by atoms with E-state index >= 15 is 0 Å². The quantitative estimate of drug-likeness (QED) is 0.786. The molecule has 6 heteroatoms. The van der Waals surface area contributed by atoms with E-state index in [1.807, 2.05) is 6.92 Å². The van der Waals surface area contributed by atoms with Gasteiger partial charge in [-0.15, -0.1) is 20.4 Å². The van der Waals surface area contributed by atoms with Crippen molar-refractivity contribution in [2.45, 2.75) is 13.8 Å². The Kier molecular flexibility index (Phi) is 2.68. The minimum Gasteiger partial charge on any atom is -0.263 e. The van der Waals surface area contributed by atoms with Gasteiger partial charge in [0.05, 0.1) is 0 Å². The molecule has 0 saturated heterocycles. The molecule has 0 aliphatic rings. The molecule has 15 heavy (non-hydrogen) atoms. The molecule has 0 N–H and O–H groups in total. The Balaban J connectivity index is 2.54. The van der Waals surface area contributed by atoms with E-state index in [4.69, 9.17) is 0 Å². The number of pyridine rings is 1. The molecule has 0 spiro atoms. The molecule has 5 nitrogen and oxygen atoms in total. The Hall–Kier alpha value is -1.43. The third kappa shape index (κ3) is 1.99. The fourth-order valence-corrected chi connectivity index (χ4v) is 1.44. The van der Waals surface area contributed by atoms with E-state index in [2.05, 4.69) is 41.3 Å². The summed E-state index contributed by atoms with van der Waals surface area (Å²) < 4.78 is 0.921. The fraction of sp³-hybridized carbons (Fsp3) is 0.222. The Labute approximate surface area is 95.1 Å². The monoisotopic (exact) mass is 265 g/mol. The maximum atomic E-state index is 4.06. The lowest BCUT2D eigenvalue weighted by molar-refractivity contribution is 0.814. The smallest absolute Gasteiger partial charge is 0.205 e. The van der Waals surface area contributed by atoms with Crippen LogP contribution in [0.15, 0.2) is 16.9 Å². The van der Waals surface area contributed by atoms with E-state index in [0.29, 0.717) is 11.6 Å². The highest BCUT2D eigenvalue weighted by Crippen LogP contribution is 2.23. The van der Waals surface area contributed by atoms with Gasteiger partial charge in [-0.2, -0.15) is 0 Å². The maximum Gasteiger partial charge on any atom is 0.205 e. The fourth-order valence-electron chi connectivity index (χ4n) is 1.11. The molecule has 2 aromatic heterocycles. The number of rotatable bonds is 1. The first-order valence-electron chi connectivity index (χ1n) is 4.33. The molecule has 0 amide bonds. The summed E-state index contributed by atoms with van der Waals surface area (Å²) >= 11 is 3.40. The van der Waals surface area contributed by atoms with Gasteiger partial charge in [-0.25, -0.2) is 0 Å². The van der Waals surface area contributed by atoms with Crippen LogP contribution in [0.25, 0.3) is 11.4 Å². The van der Waals surface area contributed by atoms with Crippen molar-refractivity contribution in [1.82, 2.24) is 25.4 Å². The van der Waals surface area contributed by atoms with Crippen LogP contribution < -0.4 is 0 Å². The summed E-state index contributed by atoms with van der Waals surface area (Å²) in [5, 5.41) is 15.7. The SMILES string of the molecule is Cc1nnc(-c2cncc(Br)c2C)nn1. The average Bonchev–Trinajstić information content (AvgIpc) is 2.24. The summed E-state index contributed by atoms with van der Waals surface area (Å²) in [4.78, 5) is 4.06. The minimum absolute atomic E-state index is 0.493. The molecular formula is C9H8BrN5. The van der Waals surface area contributed by atoms with E-state index < -0.39 is 0 Å². The standard InChI is InChI=1S/C9H8BrN5/c1-5-7(3-11-4-8(5)10)9-14-12-6(2)13-15-9/h3-4H,1-2H3. The van der Waals surface area contributed by atoms with E-state index in [1.54, 1.807) is 19.3 Å². The molecule has 0 bridgehead atoms. The number of aryl methyl sites for hydroxylation is 1. The van der Waals surface area contributed by atoms with Crippen molar-refractivity contribution in [2.24, 2.45) is 0 Å². The van der Waals surface area contributed by atoms with Gasteiger partial charge in [0, 0.05) is 22.4 Å². The summed E-state index contributed by atoms with van der Waals surface area (Å²) in [5.74, 6) is 1.05. The zero-order chi connectivity index (χ0) is 10.8. The summed E-state index contributed by atoms with van der Waals surface area (Å²) in [5.41, 5.74) is 1.86. The van der Waals surface area contributed by atoms with Crippen molar-refractivity contribution in [3.05, 3.63) is 28.3 Å². The molecule has 0 fully saturated rings. The lowest BCUT2D eigenvalue weighted by atomic mass is 10.1. The third-order valence-electron chi connectivity index (χ3n) is 1.97. The van der Waals surface area contributed by atoms with Gasteiger partial charge in [-0.05, 0) is 35.3 Å². The van der Waals surface area contributed by atoms with Crippen LogP contribution in [0.1, 0.15) is 11.4 Å². The van der Waals surface area contributed by atoms with E-state index in [9.17, 15) is 0 Å². The van der Waals surface area contributed by atoms with Crippen molar-refractivity contribution in [2.75, 3.05) is 0 Å². The minimum atomic E-state index is 0.493. The number of halogens is 1. The van der Waals surface area contributed by atoms with Crippen LogP contribution in [0, 0.1) is 13.8 Å². The molecule has 2 heterocycles. The molecule has 2 rings (SSSR count). The van der Waals surface area contributed by atoms with Crippen molar-refractivity contribution < 1.29 is 0 Å². The number of hydrogen-bond donors (Lipinski definition) is 0. The van der Waals surface area contributed by atoms with Gasteiger partial charge in [0.15, 0.2) is 5.82 Å². The van der Waals surface area contributed by atoms with Crippen molar-refractivity contribution in [1.29, 1.82) is 0 Å². The van der Waals surface area contributed by atoms with Crippen LogP contribution >= 0.6 is 15.9 Å². The Morgan fingerprint density at radius 1 is 1.00 bits per heavy atom. The van der Waals surface area contributed by atoms with Crippen LogP contribution in [0.4, 0.5) is 0 Å². The van der Waals surface area contributed by atoms with Crippen LogP contribution in [0.2, 0.25) is 0 Å². The number of hydrogen-bond acceptors (Lipinski definition) is 5. The second kappa shape index (κ2) is 3.98. The Morgan fingerprint density at radius 2 is 1.67 bits per heavy atom. The first-order chi connectivity index (χ1) is 7.18. The highest BCUT2D eigenvalue weighted by molar-refractivity contribution is 9.10. The summed E-state index contributed by atoms with van der Waals surface area (Å²) in [6.07, 6.45) is 3.43. The maximum absolute atomic E-state index is 4.06. The highest BCUT2D eigenvalue weighted by Gasteiger charge is 2.08. The van der Waals surface area contributed by atoms with Crippen molar-refractivity contribution >= 4 is 15.9 Å². The molecule has 76 valence electrons. The van der Waals surface area contributed by atoms with Crippen LogP contribution in [0.5, 0.6) is 0 Å². The van der Waals surface area contributed by atoms with E-state index in [1.165, 1.54) is 0 Å². The first kappa shape index (κ1) is 10.1. The topological polar surface area (TPSA) is 64.5 Å². The predicted octanol–water partition coefficient (Wildman–Crippen LogP) is 1.71. The van der Waals surface area contributed by atoms with Crippen LogP contribution in [-0.2, 0) is 0 Å². The second-order valence-corrected chi connectivity index (χ2v) is 3.92. The molecule has 0 radical (unpaired) electrons. The zero-order valence-electron chi connectivity index (χ0n) is 8.27. The van der Waals surface area contributed by atoms with Gasteiger partial charge in [0.1, 0.15) is 0 Å². The van der Waals surface area contributed by atoms with E-state index in [0.717, 1.165) is 15.6 Å². The molecule has 2 aromatic rings. The molecule has 0 atom stereocenters. The third-order valence-corrected chi connectivity index (χ3v) is 2.77. The Bertz CT molecular complexity index is 482. The van der Waals surface area contributed by atoms with E-state index in [-0.39, 0.29) is 0 Å². The number of nitrogens with zero attached hydrogens (tertiary/aromatic N) is 5. The molecule has 0 aromatic carbocycles. The summed E-state index contributed by atoms with van der Waals surface area (Å²) in [6, 6.07) is 0. The molecular weight excluding hydrogens is 258 g/mol. The average molecular weight is 266 g/mol. The lowest BCUT2D eigenvalue weighted by Gasteiger charge is -2.03. The van der Waals surface area contributed by atoms with Crippen LogP contribution in [0.3, 0.4) is 0 Å². The molecule has 0 aliphatic heterocycles. The van der Waals surface area contributed by atoms with Gasteiger partial charge in [-0.1, -0.05) is 0 Å². The van der Waals surface area contributed by atoms with Gasteiger partial charge in [0.2, 0.25) is 5.82 Å². The lowest BCUT2D eigenvalue weighted by Crippen LogP contribution is -2.00. The normalized spacial score (nSPS) is 10.3.